The molecule has 0 aliphatic carbocycles. The van der Waals surface area contributed by atoms with Crippen LogP contribution in [-0.4, -0.2) is 18.4 Å². The molecule has 0 unspecified atom stereocenters. The van der Waals surface area contributed by atoms with Gasteiger partial charge in [-0.25, -0.2) is 5.43 Å². The molecular weight excluding hydrogens is 304 g/mol. The fourth-order valence-corrected chi connectivity index (χ4v) is 2.66. The summed E-state index contributed by atoms with van der Waals surface area (Å²) in [6.07, 6.45) is 3.68. The predicted octanol–water partition coefficient (Wildman–Crippen LogP) is 4.33. The summed E-state index contributed by atoms with van der Waals surface area (Å²) in [5.74, 6) is -0.215. The second kappa shape index (κ2) is 7.11. The van der Waals surface area contributed by atoms with E-state index in [0.717, 1.165) is 16.3 Å². The maximum atomic E-state index is 12.2. The molecule has 0 heterocycles. The van der Waals surface area contributed by atoms with Gasteiger partial charge in [-0.1, -0.05) is 42.5 Å². The molecule has 3 nitrogen and oxygen atoms in total. The molecule has 1 amide bonds. The van der Waals surface area contributed by atoms with E-state index in [0.29, 0.717) is 5.56 Å². The Morgan fingerprint density at radius 1 is 1.00 bits per heavy atom. The van der Waals surface area contributed by atoms with Crippen LogP contribution in [0.25, 0.3) is 10.8 Å². The van der Waals surface area contributed by atoms with Crippen molar-refractivity contribution in [1.29, 1.82) is 0 Å². The third-order valence-electron chi connectivity index (χ3n) is 3.51. The molecule has 4 heteroatoms. The van der Waals surface area contributed by atoms with Crippen molar-refractivity contribution in [3.05, 3.63) is 77.9 Å². The van der Waals surface area contributed by atoms with Crippen LogP contribution in [-0.2, 0) is 0 Å². The lowest BCUT2D eigenvalue weighted by Crippen LogP contribution is -2.17. The fourth-order valence-electron chi connectivity index (χ4n) is 2.25. The number of hydrazone groups is 1. The van der Waals surface area contributed by atoms with Gasteiger partial charge in [-0.05, 0) is 46.9 Å². The van der Waals surface area contributed by atoms with Crippen LogP contribution in [0.5, 0.6) is 0 Å². The first-order chi connectivity index (χ1) is 11.3. The number of nitrogens with zero attached hydrogens (tertiary/aromatic N) is 1. The van der Waals surface area contributed by atoms with Gasteiger partial charge in [-0.2, -0.15) is 5.10 Å². The van der Waals surface area contributed by atoms with Gasteiger partial charge < -0.3 is 0 Å². The molecular formula is C19H16N2OS. The minimum Gasteiger partial charge on any atom is -0.267 e. The van der Waals surface area contributed by atoms with Gasteiger partial charge in [0, 0.05) is 10.5 Å². The Hall–Kier alpha value is -2.59. The van der Waals surface area contributed by atoms with E-state index in [4.69, 9.17) is 0 Å². The van der Waals surface area contributed by atoms with Crippen molar-refractivity contribution in [2.75, 3.05) is 6.26 Å². The average molecular weight is 320 g/mol. The molecule has 0 fully saturated rings. The minimum atomic E-state index is -0.215. The quantitative estimate of drug-likeness (QED) is 0.442. The zero-order chi connectivity index (χ0) is 16.1. The number of rotatable bonds is 4. The van der Waals surface area contributed by atoms with Crippen LogP contribution in [0.15, 0.2) is 76.7 Å². The monoisotopic (exact) mass is 320 g/mol. The number of amides is 1. The van der Waals surface area contributed by atoms with Gasteiger partial charge in [0.25, 0.3) is 5.91 Å². The maximum Gasteiger partial charge on any atom is 0.271 e. The van der Waals surface area contributed by atoms with Crippen LogP contribution >= 0.6 is 11.8 Å². The number of nitrogens with one attached hydrogen (secondary N) is 1. The van der Waals surface area contributed by atoms with E-state index in [-0.39, 0.29) is 5.91 Å². The van der Waals surface area contributed by atoms with Gasteiger partial charge in [0.2, 0.25) is 0 Å². The number of carbonyl (C=O) groups excluding carboxylic acids is 1. The molecule has 0 saturated heterocycles. The highest BCUT2D eigenvalue weighted by Gasteiger charge is 2.04. The molecule has 0 aliphatic rings. The first-order valence-electron chi connectivity index (χ1n) is 7.22. The van der Waals surface area contributed by atoms with E-state index in [1.165, 1.54) is 4.90 Å². The van der Waals surface area contributed by atoms with Crippen LogP contribution in [0.4, 0.5) is 0 Å². The summed E-state index contributed by atoms with van der Waals surface area (Å²) in [6.45, 7) is 0. The van der Waals surface area contributed by atoms with Crippen molar-refractivity contribution >= 4 is 34.7 Å². The Morgan fingerprint density at radius 2 is 1.74 bits per heavy atom. The Bertz CT molecular complexity index is 857. The molecule has 0 atom stereocenters. The van der Waals surface area contributed by atoms with Crippen LogP contribution in [0.3, 0.4) is 0 Å². The summed E-state index contributed by atoms with van der Waals surface area (Å²) in [7, 11) is 0. The second-order valence-corrected chi connectivity index (χ2v) is 5.91. The molecule has 3 aromatic carbocycles. The smallest absolute Gasteiger partial charge is 0.267 e. The molecule has 0 radical (unpaired) electrons. The van der Waals surface area contributed by atoms with E-state index in [9.17, 15) is 4.79 Å². The summed E-state index contributed by atoms with van der Waals surface area (Å²) in [4.78, 5) is 13.3. The lowest BCUT2D eigenvalue weighted by atomic mass is 10.1. The minimum absolute atomic E-state index is 0.215. The van der Waals surface area contributed by atoms with Crippen molar-refractivity contribution < 1.29 is 4.79 Å². The van der Waals surface area contributed by atoms with Crippen LogP contribution in [0.2, 0.25) is 0 Å². The largest absolute Gasteiger partial charge is 0.271 e. The molecule has 3 rings (SSSR count). The number of thioether (sulfide) groups is 1. The molecule has 0 aliphatic heterocycles. The second-order valence-electron chi connectivity index (χ2n) is 5.03. The number of fused-ring (bicyclic) bond motifs is 1. The summed E-state index contributed by atoms with van der Waals surface area (Å²) >= 11 is 1.69. The third-order valence-corrected chi connectivity index (χ3v) is 4.25. The van der Waals surface area contributed by atoms with Crippen molar-refractivity contribution in [1.82, 2.24) is 5.43 Å². The van der Waals surface area contributed by atoms with Crippen LogP contribution in [0.1, 0.15) is 15.9 Å². The van der Waals surface area contributed by atoms with E-state index in [1.807, 2.05) is 66.9 Å². The molecule has 0 saturated carbocycles. The molecule has 1 N–H and O–H groups in total. The van der Waals surface area contributed by atoms with E-state index < -0.39 is 0 Å². The van der Waals surface area contributed by atoms with Gasteiger partial charge in [0.05, 0.1) is 6.21 Å². The Kier molecular flexibility index (Phi) is 4.74. The highest BCUT2D eigenvalue weighted by atomic mass is 32.2. The van der Waals surface area contributed by atoms with Crippen LogP contribution in [0, 0.1) is 0 Å². The van der Waals surface area contributed by atoms with E-state index in [2.05, 4.69) is 10.5 Å². The zero-order valence-corrected chi connectivity index (χ0v) is 13.5. The molecule has 0 aromatic heterocycles. The summed E-state index contributed by atoms with van der Waals surface area (Å²) < 4.78 is 0. The van der Waals surface area contributed by atoms with Gasteiger partial charge in [-0.3, -0.25) is 4.79 Å². The highest BCUT2D eigenvalue weighted by Crippen LogP contribution is 2.16. The van der Waals surface area contributed by atoms with Gasteiger partial charge in [0.15, 0.2) is 0 Å². The maximum absolute atomic E-state index is 12.2. The number of benzene rings is 3. The lowest BCUT2D eigenvalue weighted by Gasteiger charge is -2.02. The van der Waals surface area contributed by atoms with E-state index in [1.54, 1.807) is 24.0 Å². The van der Waals surface area contributed by atoms with Gasteiger partial charge in [-0.15, -0.1) is 11.8 Å². The molecule has 23 heavy (non-hydrogen) atoms. The summed E-state index contributed by atoms with van der Waals surface area (Å²) in [5.41, 5.74) is 4.11. The molecule has 3 aromatic rings. The van der Waals surface area contributed by atoms with Gasteiger partial charge in [0.1, 0.15) is 0 Å². The van der Waals surface area contributed by atoms with Crippen molar-refractivity contribution in [3.63, 3.8) is 0 Å². The highest BCUT2D eigenvalue weighted by molar-refractivity contribution is 7.98. The van der Waals surface area contributed by atoms with Crippen molar-refractivity contribution in [2.45, 2.75) is 4.90 Å². The van der Waals surface area contributed by atoms with Crippen LogP contribution < -0.4 is 5.43 Å². The zero-order valence-electron chi connectivity index (χ0n) is 12.7. The number of hydrogen-bond acceptors (Lipinski definition) is 3. The first-order valence-corrected chi connectivity index (χ1v) is 8.45. The third kappa shape index (κ3) is 3.79. The predicted molar refractivity (Wildman–Crippen MR) is 97.2 cm³/mol. The Balaban J connectivity index is 1.68. The van der Waals surface area contributed by atoms with Gasteiger partial charge >= 0.3 is 0 Å². The topological polar surface area (TPSA) is 41.5 Å². The Labute approximate surface area is 139 Å². The average Bonchev–Trinajstić information content (AvgIpc) is 2.61. The SMILES string of the molecule is CSc1ccc(/C=N\NC(=O)c2ccc3ccccc3c2)cc1. The summed E-state index contributed by atoms with van der Waals surface area (Å²) in [5, 5.41) is 6.17. The molecule has 0 spiro atoms. The Morgan fingerprint density at radius 3 is 2.48 bits per heavy atom. The molecule has 0 bridgehead atoms. The lowest BCUT2D eigenvalue weighted by molar-refractivity contribution is 0.0955. The molecule has 114 valence electrons. The van der Waals surface area contributed by atoms with Crippen molar-refractivity contribution in [2.24, 2.45) is 5.10 Å². The standard InChI is InChI=1S/C19H16N2OS/c1-23-18-10-6-14(7-11-18)13-20-21-19(22)17-9-8-15-4-2-3-5-16(15)12-17/h2-13H,1H3,(H,21,22)/b20-13-. The summed E-state index contributed by atoms with van der Waals surface area (Å²) in [6, 6.07) is 21.6. The normalized spacial score (nSPS) is 11.0. The van der Waals surface area contributed by atoms with E-state index >= 15 is 0 Å². The fraction of sp³-hybridized carbons (Fsp3) is 0.0526. The number of hydrogen-bond donors (Lipinski definition) is 1. The first kappa shape index (κ1) is 15.3. The van der Waals surface area contributed by atoms with Crippen molar-refractivity contribution in [3.8, 4) is 0 Å². The number of carbonyl (C=O) groups is 1.